The Morgan fingerprint density at radius 1 is 0.700 bits per heavy atom. The van der Waals surface area contributed by atoms with Crippen molar-refractivity contribution < 1.29 is 14.7 Å². The third kappa shape index (κ3) is 9.28. The van der Waals surface area contributed by atoms with E-state index in [1.807, 2.05) is 0 Å². The molecular weight excluding hydrogens is 271 g/mol. The van der Waals surface area contributed by atoms with E-state index >= 15 is 0 Å². The third-order valence-electron chi connectivity index (χ3n) is 4.35. The first-order valence-corrected chi connectivity index (χ1v) is 11.0. The van der Waals surface area contributed by atoms with E-state index in [-0.39, 0.29) is 24.2 Å². The Morgan fingerprint density at radius 2 is 1.05 bits per heavy atom. The van der Waals surface area contributed by atoms with Crippen LogP contribution in [0, 0.1) is 11.8 Å². The first-order valence-electron chi connectivity index (χ1n) is 8.51. The van der Waals surface area contributed by atoms with E-state index in [1.165, 1.54) is 0 Å². The zero-order valence-electron chi connectivity index (χ0n) is 14.0. The first kappa shape index (κ1) is 20.3. The van der Waals surface area contributed by atoms with Gasteiger partial charge in [-0.05, 0) is 0 Å². The molecule has 0 rings (SSSR count). The van der Waals surface area contributed by atoms with Crippen molar-refractivity contribution in [2.45, 2.75) is 79.1 Å². The Bertz CT molecular complexity index is 226. The van der Waals surface area contributed by atoms with Gasteiger partial charge in [0.1, 0.15) is 0 Å². The maximum atomic E-state index is 10.4. The van der Waals surface area contributed by atoms with E-state index in [4.69, 9.17) is 0 Å². The molecule has 0 saturated heterocycles. The molecule has 0 aliphatic carbocycles. The number of rotatable bonds is 12. The molecule has 0 aliphatic heterocycles. The van der Waals surface area contributed by atoms with Gasteiger partial charge in [0.15, 0.2) is 0 Å². The zero-order valence-corrected chi connectivity index (χ0v) is 14.9. The molecule has 0 bridgehead atoms. The molecule has 124 valence electrons. The van der Waals surface area contributed by atoms with Crippen LogP contribution in [0.15, 0.2) is 0 Å². The monoisotopic (exact) mass is 308 g/mol. The Hall–Kier alpha value is 0.310. The fourth-order valence-electron chi connectivity index (χ4n) is 2.97. The van der Waals surface area contributed by atoms with Crippen molar-refractivity contribution in [3.63, 3.8) is 0 Å². The number of unbranched alkanes of at least 4 members (excludes halogenated alkanes) is 2. The molecule has 4 heteroatoms. The summed E-state index contributed by atoms with van der Waals surface area (Å²) in [6.45, 7) is 8.42. The molecular formula is C16H37O3P. The minimum atomic E-state index is -4.45. The third-order valence-corrected chi connectivity index (χ3v) is 6.88. The fourth-order valence-corrected chi connectivity index (χ4v) is 6.11. The van der Waals surface area contributed by atoms with Crippen molar-refractivity contribution in [2.24, 2.45) is 11.8 Å². The molecule has 0 aliphatic rings. The first-order chi connectivity index (χ1) is 9.25. The van der Waals surface area contributed by atoms with Crippen molar-refractivity contribution in [3.8, 4) is 0 Å². The van der Waals surface area contributed by atoms with Crippen molar-refractivity contribution in [3.05, 3.63) is 0 Å². The van der Waals surface area contributed by atoms with Crippen LogP contribution in [0.4, 0.5) is 0 Å². The van der Waals surface area contributed by atoms with E-state index in [0.29, 0.717) is 0 Å². The summed E-state index contributed by atoms with van der Waals surface area (Å²) in [5, 5.41) is 0. The summed E-state index contributed by atoms with van der Waals surface area (Å²) in [6, 6.07) is 0. The molecule has 2 atom stereocenters. The number of hydrogen-bond acceptors (Lipinski definition) is 3. The van der Waals surface area contributed by atoms with E-state index in [2.05, 4.69) is 27.7 Å². The standard InChI is InChI=1S/C16H37O3P/c1-5-9-11-15(7-3)13-20(17,18,19)14-16(8-4)12-10-6-2/h15-19H,5-14H2,1-4H3. The van der Waals surface area contributed by atoms with Crippen LogP contribution >= 0.6 is 7.28 Å². The molecule has 0 aromatic rings. The van der Waals surface area contributed by atoms with Gasteiger partial charge in [0, 0.05) is 0 Å². The van der Waals surface area contributed by atoms with Crippen LogP contribution < -0.4 is 0 Å². The van der Waals surface area contributed by atoms with Gasteiger partial charge in [-0.2, -0.15) is 0 Å². The van der Waals surface area contributed by atoms with Gasteiger partial charge in [0.25, 0.3) is 0 Å². The Kier molecular flexibility index (Phi) is 9.50. The van der Waals surface area contributed by atoms with Crippen LogP contribution in [-0.4, -0.2) is 27.0 Å². The molecule has 0 spiro atoms. The normalized spacial score (nSPS) is 17.4. The predicted octanol–water partition coefficient (Wildman–Crippen LogP) is 4.69. The van der Waals surface area contributed by atoms with Crippen molar-refractivity contribution in [1.82, 2.24) is 0 Å². The van der Waals surface area contributed by atoms with Crippen molar-refractivity contribution in [2.75, 3.05) is 12.3 Å². The van der Waals surface area contributed by atoms with Crippen LogP contribution in [0.2, 0.25) is 0 Å². The topological polar surface area (TPSA) is 60.7 Å². The fraction of sp³-hybridized carbons (Fsp3) is 1.00. The summed E-state index contributed by atoms with van der Waals surface area (Å²) in [6.07, 6.45) is 8.60. The number of hydrogen-bond donors (Lipinski definition) is 3. The Balaban J connectivity index is 4.58. The van der Waals surface area contributed by atoms with Gasteiger partial charge in [-0.1, -0.05) is 0 Å². The molecule has 20 heavy (non-hydrogen) atoms. The Labute approximate surface area is 126 Å². The van der Waals surface area contributed by atoms with E-state index in [1.54, 1.807) is 0 Å². The van der Waals surface area contributed by atoms with Crippen molar-refractivity contribution >= 4 is 7.28 Å². The zero-order chi connectivity index (χ0) is 15.7. The quantitative estimate of drug-likeness (QED) is 0.458. The SMILES string of the molecule is CCCCC(CC)CP(O)(O)(O)CC(CC)CCCC. The van der Waals surface area contributed by atoms with Gasteiger partial charge in [-0.15, -0.1) is 0 Å². The summed E-state index contributed by atoms with van der Waals surface area (Å²) < 4.78 is 0. The van der Waals surface area contributed by atoms with E-state index < -0.39 is 7.28 Å². The molecule has 0 fully saturated rings. The summed E-state index contributed by atoms with van der Waals surface area (Å²) in [7, 11) is -4.45. The van der Waals surface area contributed by atoms with Gasteiger partial charge >= 0.3 is 125 Å². The summed E-state index contributed by atoms with van der Waals surface area (Å²) in [5.41, 5.74) is 0. The molecule has 3 N–H and O–H groups in total. The van der Waals surface area contributed by atoms with Crippen LogP contribution in [0.5, 0.6) is 0 Å². The van der Waals surface area contributed by atoms with Crippen LogP contribution in [0.3, 0.4) is 0 Å². The van der Waals surface area contributed by atoms with Crippen LogP contribution in [0.1, 0.15) is 79.1 Å². The van der Waals surface area contributed by atoms with Gasteiger partial charge < -0.3 is 0 Å². The predicted molar refractivity (Wildman–Crippen MR) is 89.9 cm³/mol. The molecule has 2 unspecified atom stereocenters. The molecule has 0 radical (unpaired) electrons. The average molecular weight is 308 g/mol. The molecule has 0 aromatic heterocycles. The summed E-state index contributed by atoms with van der Waals surface area (Å²) in [5.74, 6) is 0.465. The second-order valence-electron chi connectivity index (χ2n) is 6.54. The molecule has 3 nitrogen and oxygen atoms in total. The molecule has 0 saturated carbocycles. The van der Waals surface area contributed by atoms with Gasteiger partial charge in [-0.3, -0.25) is 0 Å². The second kappa shape index (κ2) is 9.35. The average Bonchev–Trinajstić information content (AvgIpc) is 2.38. The Morgan fingerprint density at radius 3 is 1.30 bits per heavy atom. The molecule has 0 heterocycles. The minimum absolute atomic E-state index is 0.199. The van der Waals surface area contributed by atoms with E-state index in [9.17, 15) is 14.7 Å². The van der Waals surface area contributed by atoms with Gasteiger partial charge in [0.2, 0.25) is 0 Å². The van der Waals surface area contributed by atoms with E-state index in [0.717, 1.165) is 51.4 Å². The summed E-state index contributed by atoms with van der Waals surface area (Å²) >= 11 is 0. The molecule has 0 amide bonds. The van der Waals surface area contributed by atoms with Crippen molar-refractivity contribution in [1.29, 1.82) is 0 Å². The van der Waals surface area contributed by atoms with Gasteiger partial charge in [-0.25, -0.2) is 0 Å². The molecule has 0 aromatic carbocycles. The second-order valence-corrected chi connectivity index (χ2v) is 9.95. The van der Waals surface area contributed by atoms with Crippen LogP contribution in [0.25, 0.3) is 0 Å². The maximum absolute atomic E-state index is 10.4. The summed E-state index contributed by atoms with van der Waals surface area (Å²) in [4.78, 5) is 31.3. The van der Waals surface area contributed by atoms with Crippen LogP contribution in [-0.2, 0) is 0 Å². The van der Waals surface area contributed by atoms with Gasteiger partial charge in [0.05, 0.1) is 0 Å².